The molecular weight excluding hydrogens is 590 g/mol. The van der Waals surface area contributed by atoms with Crippen molar-refractivity contribution in [3.8, 4) is 0 Å². The molecule has 4 nitrogen and oxygen atoms in total. The monoisotopic (exact) mass is 635 g/mol. The molecule has 3 aromatic rings. The summed E-state index contributed by atoms with van der Waals surface area (Å²) in [4.78, 5) is 26.2. The van der Waals surface area contributed by atoms with Gasteiger partial charge in [-0.3, -0.25) is 4.79 Å². The largest absolute Gasteiger partial charge is 0.456 e. The average Bonchev–Trinajstić information content (AvgIpc) is 2.99. The first-order valence-corrected chi connectivity index (χ1v) is 16.7. The van der Waals surface area contributed by atoms with Gasteiger partial charge < -0.3 is 10.1 Å². The van der Waals surface area contributed by atoms with Gasteiger partial charge in [-0.1, -0.05) is 74.5 Å². The quantitative estimate of drug-likeness (QED) is 0.198. The second kappa shape index (κ2) is 13.5. The molecule has 0 aliphatic heterocycles. The van der Waals surface area contributed by atoms with Gasteiger partial charge in [-0.05, 0) is 135 Å². The Bertz CT molecular complexity index is 1700. The Morgan fingerprint density at radius 1 is 0.913 bits per heavy atom. The van der Waals surface area contributed by atoms with E-state index in [1.54, 1.807) is 12.1 Å². The third-order valence-corrected chi connectivity index (χ3v) is 9.21. The molecule has 240 valence electrons. The Morgan fingerprint density at radius 2 is 1.67 bits per heavy atom. The van der Waals surface area contributed by atoms with Crippen LogP contribution in [-0.2, 0) is 17.6 Å². The smallest absolute Gasteiger partial charge is 0.338 e. The minimum absolute atomic E-state index is 0.235. The zero-order valence-electron chi connectivity index (χ0n) is 28.0. The maximum absolute atomic E-state index is 13.4. The van der Waals surface area contributed by atoms with Gasteiger partial charge in [0.1, 0.15) is 5.60 Å². The molecule has 3 aromatic carbocycles. The summed E-state index contributed by atoms with van der Waals surface area (Å²) in [6.07, 6.45) is 14.0. The van der Waals surface area contributed by atoms with Crippen LogP contribution in [0.3, 0.4) is 0 Å². The Hall–Kier alpha value is -3.89. The SMILES string of the molecule is CC1(C)CC=C(c2cccc(CCc3cc(C(=O)Nc4ccc(C5=CC=CCC5(C)Cl)cc4)ccc3C(=O)OC(C)(C)C)c2)CC1. The van der Waals surface area contributed by atoms with Crippen molar-refractivity contribution < 1.29 is 14.3 Å². The summed E-state index contributed by atoms with van der Waals surface area (Å²) in [5.74, 6) is -0.618. The number of amides is 1. The molecule has 1 atom stereocenters. The summed E-state index contributed by atoms with van der Waals surface area (Å²) in [5, 5.41) is 3.02. The fraction of sp³-hybridized carbons (Fsp3) is 0.366. The molecule has 1 N–H and O–H groups in total. The predicted molar refractivity (Wildman–Crippen MR) is 191 cm³/mol. The zero-order chi connectivity index (χ0) is 33.1. The summed E-state index contributed by atoms with van der Waals surface area (Å²) in [5.41, 5.74) is 8.15. The fourth-order valence-electron chi connectivity index (χ4n) is 6.09. The van der Waals surface area contributed by atoms with E-state index < -0.39 is 10.5 Å². The number of rotatable bonds is 8. The average molecular weight is 636 g/mol. The van der Waals surface area contributed by atoms with Crippen LogP contribution in [0, 0.1) is 5.41 Å². The van der Waals surface area contributed by atoms with Crippen molar-refractivity contribution >= 4 is 40.3 Å². The lowest BCUT2D eigenvalue weighted by Gasteiger charge is -2.28. The van der Waals surface area contributed by atoms with Crippen LogP contribution in [0.2, 0.25) is 0 Å². The Labute approximate surface area is 279 Å². The van der Waals surface area contributed by atoms with Crippen molar-refractivity contribution in [3.63, 3.8) is 0 Å². The molecule has 1 unspecified atom stereocenters. The normalized spacial score (nSPS) is 19.2. The number of esters is 1. The number of benzene rings is 3. The third-order valence-electron chi connectivity index (χ3n) is 8.85. The van der Waals surface area contributed by atoms with Gasteiger partial charge in [-0.15, -0.1) is 11.6 Å². The van der Waals surface area contributed by atoms with E-state index in [2.05, 4.69) is 55.6 Å². The Balaban J connectivity index is 1.34. The molecule has 0 saturated carbocycles. The lowest BCUT2D eigenvalue weighted by molar-refractivity contribution is 0.00681. The first kappa shape index (κ1) is 33.5. The number of hydrogen-bond donors (Lipinski definition) is 1. The minimum atomic E-state index is -0.627. The van der Waals surface area contributed by atoms with E-state index >= 15 is 0 Å². The molecule has 5 rings (SSSR count). The van der Waals surface area contributed by atoms with E-state index in [0.717, 1.165) is 42.4 Å². The number of halogens is 1. The van der Waals surface area contributed by atoms with Crippen molar-refractivity contribution in [1.29, 1.82) is 0 Å². The van der Waals surface area contributed by atoms with Gasteiger partial charge in [0, 0.05) is 11.3 Å². The standard InChI is InChI=1S/C41H46ClNO3/c1-39(2,3)46-38(45)35-20-17-33(37(44)43-34-18-15-30(16-19-34)36-12-7-8-23-41(36,6)42)27-32(35)14-13-28-10-9-11-31(26-28)29-21-24-40(4,5)25-22-29/h7-12,15-21,26-27H,13-14,22-25H2,1-6H3,(H,43,44). The maximum atomic E-state index is 13.4. The first-order valence-electron chi connectivity index (χ1n) is 16.3. The first-order chi connectivity index (χ1) is 21.7. The van der Waals surface area contributed by atoms with E-state index in [1.165, 1.54) is 23.1 Å². The highest BCUT2D eigenvalue weighted by atomic mass is 35.5. The van der Waals surface area contributed by atoms with Crippen LogP contribution in [-0.4, -0.2) is 22.4 Å². The van der Waals surface area contributed by atoms with Crippen molar-refractivity contribution in [3.05, 3.63) is 124 Å². The Morgan fingerprint density at radius 3 is 2.35 bits per heavy atom. The Kier molecular flexibility index (Phi) is 9.79. The van der Waals surface area contributed by atoms with Crippen molar-refractivity contribution in [2.75, 3.05) is 5.32 Å². The van der Waals surface area contributed by atoms with Gasteiger partial charge in [0.15, 0.2) is 0 Å². The molecule has 46 heavy (non-hydrogen) atoms. The number of allylic oxidation sites excluding steroid dienone is 6. The van der Waals surface area contributed by atoms with Gasteiger partial charge in [0.05, 0.1) is 10.4 Å². The summed E-state index contributed by atoms with van der Waals surface area (Å²) >= 11 is 6.75. The van der Waals surface area contributed by atoms with Crippen LogP contribution in [0.5, 0.6) is 0 Å². The van der Waals surface area contributed by atoms with Crippen LogP contribution in [0.4, 0.5) is 5.69 Å². The highest BCUT2D eigenvalue weighted by molar-refractivity contribution is 6.30. The highest BCUT2D eigenvalue weighted by Crippen LogP contribution is 2.39. The molecule has 0 saturated heterocycles. The predicted octanol–water partition coefficient (Wildman–Crippen LogP) is 10.6. The van der Waals surface area contributed by atoms with E-state index in [0.29, 0.717) is 28.7 Å². The summed E-state index contributed by atoms with van der Waals surface area (Å²) in [7, 11) is 0. The fourth-order valence-corrected chi connectivity index (χ4v) is 6.35. The topological polar surface area (TPSA) is 55.4 Å². The molecule has 5 heteroatoms. The van der Waals surface area contributed by atoms with Gasteiger partial charge in [-0.25, -0.2) is 4.79 Å². The molecule has 0 bridgehead atoms. The van der Waals surface area contributed by atoms with Gasteiger partial charge >= 0.3 is 5.97 Å². The van der Waals surface area contributed by atoms with Crippen LogP contribution >= 0.6 is 11.6 Å². The van der Waals surface area contributed by atoms with Crippen LogP contribution in [0.1, 0.15) is 110 Å². The van der Waals surface area contributed by atoms with E-state index in [1.807, 2.05) is 70.2 Å². The second-order valence-corrected chi connectivity index (χ2v) is 15.4. The number of nitrogens with one attached hydrogen (secondary N) is 1. The lowest BCUT2D eigenvalue weighted by atomic mass is 9.77. The molecule has 1 amide bonds. The number of carbonyl (C=O) groups is 2. The minimum Gasteiger partial charge on any atom is -0.456 e. The molecule has 0 radical (unpaired) electrons. The molecule has 0 fully saturated rings. The summed E-state index contributed by atoms with van der Waals surface area (Å²) in [6.45, 7) is 12.3. The molecule has 0 heterocycles. The van der Waals surface area contributed by atoms with E-state index in [4.69, 9.17) is 16.3 Å². The number of aryl methyl sites for hydroxylation is 2. The zero-order valence-corrected chi connectivity index (χ0v) is 28.8. The van der Waals surface area contributed by atoms with Crippen molar-refractivity contribution in [2.24, 2.45) is 5.41 Å². The number of ether oxygens (including phenoxy) is 1. The number of hydrogen-bond acceptors (Lipinski definition) is 3. The molecule has 2 aliphatic rings. The van der Waals surface area contributed by atoms with Crippen molar-refractivity contribution in [2.45, 2.75) is 90.5 Å². The maximum Gasteiger partial charge on any atom is 0.338 e. The van der Waals surface area contributed by atoms with Crippen LogP contribution < -0.4 is 5.32 Å². The van der Waals surface area contributed by atoms with E-state index in [-0.39, 0.29) is 11.9 Å². The number of carbonyl (C=O) groups excluding carboxylic acids is 2. The van der Waals surface area contributed by atoms with Crippen LogP contribution in [0.25, 0.3) is 11.1 Å². The molecule has 0 spiro atoms. The van der Waals surface area contributed by atoms with Crippen LogP contribution in [0.15, 0.2) is 91.0 Å². The number of alkyl halides is 1. The van der Waals surface area contributed by atoms with Gasteiger partial charge in [0.25, 0.3) is 5.91 Å². The second-order valence-electron chi connectivity index (χ2n) is 14.6. The third kappa shape index (κ3) is 8.47. The molecule has 2 aliphatic carbocycles. The molecule has 0 aromatic heterocycles. The lowest BCUT2D eigenvalue weighted by Crippen LogP contribution is -2.25. The number of anilines is 1. The van der Waals surface area contributed by atoms with Gasteiger partial charge in [-0.2, -0.15) is 0 Å². The molecular formula is C41H46ClNO3. The van der Waals surface area contributed by atoms with E-state index in [9.17, 15) is 9.59 Å². The van der Waals surface area contributed by atoms with Gasteiger partial charge in [0.2, 0.25) is 0 Å². The van der Waals surface area contributed by atoms with Crippen molar-refractivity contribution in [1.82, 2.24) is 0 Å². The summed E-state index contributed by atoms with van der Waals surface area (Å²) in [6, 6.07) is 21.7. The highest BCUT2D eigenvalue weighted by Gasteiger charge is 2.28. The summed E-state index contributed by atoms with van der Waals surface area (Å²) < 4.78 is 5.74.